The SMILES string of the molecule is NC(=O)c1cccc2c1nc(Nc1ccccc1Cl)c1sccc12. The zero-order chi connectivity index (χ0) is 16.7. The van der Waals surface area contributed by atoms with Crippen LogP contribution in [0.15, 0.2) is 53.9 Å². The van der Waals surface area contributed by atoms with Crippen molar-refractivity contribution in [2.24, 2.45) is 5.73 Å². The summed E-state index contributed by atoms with van der Waals surface area (Å²) in [6, 6.07) is 14.9. The Balaban J connectivity index is 2.00. The molecule has 4 aromatic rings. The number of rotatable bonds is 3. The Bertz CT molecular complexity index is 1090. The summed E-state index contributed by atoms with van der Waals surface area (Å²) in [6.45, 7) is 0. The molecule has 0 unspecified atom stereocenters. The van der Waals surface area contributed by atoms with E-state index in [0.29, 0.717) is 21.9 Å². The number of nitrogens with one attached hydrogen (secondary N) is 1. The van der Waals surface area contributed by atoms with Crippen molar-refractivity contribution in [2.75, 3.05) is 5.32 Å². The van der Waals surface area contributed by atoms with Crippen LogP contribution in [0.5, 0.6) is 0 Å². The van der Waals surface area contributed by atoms with Gasteiger partial charge < -0.3 is 11.1 Å². The maximum absolute atomic E-state index is 11.8. The van der Waals surface area contributed by atoms with Crippen LogP contribution in [-0.4, -0.2) is 10.9 Å². The summed E-state index contributed by atoms with van der Waals surface area (Å²) in [7, 11) is 0. The molecule has 0 atom stereocenters. The number of primary amides is 1. The summed E-state index contributed by atoms with van der Waals surface area (Å²) < 4.78 is 1.00. The van der Waals surface area contributed by atoms with Crippen molar-refractivity contribution < 1.29 is 4.79 Å². The molecular weight excluding hydrogens is 342 g/mol. The summed E-state index contributed by atoms with van der Waals surface area (Å²) in [5, 5.41) is 7.82. The Labute approximate surface area is 146 Å². The maximum Gasteiger partial charge on any atom is 0.250 e. The predicted octanol–water partition coefficient (Wildman–Crippen LogP) is 4.95. The van der Waals surface area contributed by atoms with Crippen LogP contribution in [0, 0.1) is 0 Å². The number of thiophene rings is 1. The Hall–Kier alpha value is -2.63. The van der Waals surface area contributed by atoms with Gasteiger partial charge >= 0.3 is 0 Å². The third-order valence-electron chi connectivity index (χ3n) is 3.82. The van der Waals surface area contributed by atoms with Crippen molar-refractivity contribution in [3.63, 3.8) is 0 Å². The first kappa shape index (κ1) is 14.9. The van der Waals surface area contributed by atoms with Crippen LogP contribution in [0.3, 0.4) is 0 Å². The van der Waals surface area contributed by atoms with E-state index in [1.165, 1.54) is 0 Å². The second-order valence-corrected chi connectivity index (χ2v) is 6.62. The number of halogens is 1. The Morgan fingerprint density at radius 1 is 1.08 bits per heavy atom. The molecule has 0 aliphatic carbocycles. The molecule has 4 nitrogen and oxygen atoms in total. The minimum absolute atomic E-state index is 0.405. The first-order chi connectivity index (χ1) is 11.6. The molecule has 0 saturated carbocycles. The number of para-hydroxylation sites is 2. The highest BCUT2D eigenvalue weighted by atomic mass is 35.5. The predicted molar refractivity (Wildman–Crippen MR) is 100 cm³/mol. The maximum atomic E-state index is 11.8. The largest absolute Gasteiger partial charge is 0.366 e. The molecule has 118 valence electrons. The van der Waals surface area contributed by atoms with Crippen LogP contribution in [0.2, 0.25) is 5.02 Å². The smallest absolute Gasteiger partial charge is 0.250 e. The van der Waals surface area contributed by atoms with Crippen LogP contribution in [-0.2, 0) is 0 Å². The minimum Gasteiger partial charge on any atom is -0.366 e. The summed E-state index contributed by atoms with van der Waals surface area (Å²) in [5.41, 5.74) is 7.26. The average molecular weight is 354 g/mol. The van der Waals surface area contributed by atoms with Gasteiger partial charge in [-0.15, -0.1) is 11.3 Å². The van der Waals surface area contributed by atoms with Crippen LogP contribution in [0.4, 0.5) is 11.5 Å². The van der Waals surface area contributed by atoms with E-state index in [1.54, 1.807) is 17.4 Å². The number of carbonyl (C=O) groups is 1. The van der Waals surface area contributed by atoms with E-state index in [4.69, 9.17) is 17.3 Å². The van der Waals surface area contributed by atoms with Gasteiger partial charge in [-0.25, -0.2) is 4.98 Å². The van der Waals surface area contributed by atoms with Crippen LogP contribution in [0.25, 0.3) is 21.0 Å². The molecule has 2 aromatic heterocycles. The molecule has 2 heterocycles. The monoisotopic (exact) mass is 353 g/mol. The molecule has 0 aliphatic heterocycles. The highest BCUT2D eigenvalue weighted by molar-refractivity contribution is 7.18. The van der Waals surface area contributed by atoms with E-state index in [2.05, 4.69) is 10.3 Å². The molecule has 1 amide bonds. The molecule has 3 N–H and O–H groups in total. The Morgan fingerprint density at radius 2 is 1.92 bits per heavy atom. The van der Waals surface area contributed by atoms with E-state index in [1.807, 2.05) is 47.8 Å². The van der Waals surface area contributed by atoms with E-state index in [-0.39, 0.29) is 0 Å². The van der Waals surface area contributed by atoms with Gasteiger partial charge in [0.2, 0.25) is 0 Å². The normalized spacial score (nSPS) is 11.0. The van der Waals surface area contributed by atoms with Gasteiger partial charge in [-0.1, -0.05) is 35.9 Å². The van der Waals surface area contributed by atoms with Crippen LogP contribution >= 0.6 is 22.9 Å². The number of hydrogen-bond acceptors (Lipinski definition) is 4. The molecule has 0 bridgehead atoms. The van der Waals surface area contributed by atoms with Gasteiger partial charge in [-0.05, 0) is 29.6 Å². The highest BCUT2D eigenvalue weighted by Crippen LogP contribution is 2.36. The van der Waals surface area contributed by atoms with Crippen molar-refractivity contribution in [1.29, 1.82) is 0 Å². The highest BCUT2D eigenvalue weighted by Gasteiger charge is 2.15. The van der Waals surface area contributed by atoms with Gasteiger partial charge in [-0.3, -0.25) is 4.79 Å². The quantitative estimate of drug-likeness (QED) is 0.547. The molecule has 0 fully saturated rings. The number of nitrogens with zero attached hydrogens (tertiary/aromatic N) is 1. The Morgan fingerprint density at radius 3 is 2.71 bits per heavy atom. The molecule has 0 saturated heterocycles. The molecule has 4 rings (SSSR count). The fraction of sp³-hybridized carbons (Fsp3) is 0. The third kappa shape index (κ3) is 2.38. The number of carbonyl (C=O) groups excluding carboxylic acids is 1. The van der Waals surface area contributed by atoms with Crippen molar-refractivity contribution in [3.8, 4) is 0 Å². The fourth-order valence-electron chi connectivity index (χ4n) is 2.72. The number of aromatic nitrogens is 1. The first-order valence-corrected chi connectivity index (χ1v) is 8.52. The summed E-state index contributed by atoms with van der Waals surface area (Å²) >= 11 is 7.82. The molecule has 0 aliphatic rings. The lowest BCUT2D eigenvalue weighted by atomic mass is 10.1. The van der Waals surface area contributed by atoms with Gasteiger partial charge in [0.1, 0.15) is 5.82 Å². The summed E-state index contributed by atoms with van der Waals surface area (Å²) in [4.78, 5) is 16.4. The van der Waals surface area contributed by atoms with E-state index < -0.39 is 5.91 Å². The van der Waals surface area contributed by atoms with Gasteiger partial charge in [0.05, 0.1) is 26.5 Å². The topological polar surface area (TPSA) is 68.0 Å². The Kier molecular flexibility index (Phi) is 3.59. The number of fused-ring (bicyclic) bond motifs is 3. The zero-order valence-electron chi connectivity index (χ0n) is 12.4. The molecule has 2 aromatic carbocycles. The molecule has 0 spiro atoms. The van der Waals surface area contributed by atoms with Crippen molar-refractivity contribution in [2.45, 2.75) is 0 Å². The van der Waals surface area contributed by atoms with Crippen LogP contribution < -0.4 is 11.1 Å². The number of nitrogens with two attached hydrogens (primary N) is 1. The van der Waals surface area contributed by atoms with Gasteiger partial charge in [-0.2, -0.15) is 0 Å². The molecular formula is C18H12ClN3OS. The second-order valence-electron chi connectivity index (χ2n) is 5.29. The van der Waals surface area contributed by atoms with Gasteiger partial charge in [0.15, 0.2) is 0 Å². The van der Waals surface area contributed by atoms with Crippen molar-refractivity contribution in [1.82, 2.24) is 4.98 Å². The molecule has 24 heavy (non-hydrogen) atoms. The van der Waals surface area contributed by atoms with Crippen molar-refractivity contribution in [3.05, 3.63) is 64.5 Å². The number of amides is 1. The number of anilines is 2. The number of hydrogen-bond donors (Lipinski definition) is 2. The van der Waals surface area contributed by atoms with E-state index in [9.17, 15) is 4.79 Å². The second kappa shape index (κ2) is 5.78. The standard InChI is InChI=1S/C18H12ClN3OS/c19-13-6-1-2-7-14(13)21-18-16-11(8-9-24-16)10-4-3-5-12(17(20)23)15(10)22-18/h1-9H,(H2,20,23)(H,21,22). The van der Waals surface area contributed by atoms with E-state index >= 15 is 0 Å². The number of pyridine rings is 1. The third-order valence-corrected chi connectivity index (χ3v) is 5.07. The zero-order valence-corrected chi connectivity index (χ0v) is 14.0. The first-order valence-electron chi connectivity index (χ1n) is 7.26. The summed E-state index contributed by atoms with van der Waals surface area (Å²) in [5.74, 6) is 0.167. The summed E-state index contributed by atoms with van der Waals surface area (Å²) in [6.07, 6.45) is 0. The fourth-order valence-corrected chi connectivity index (χ4v) is 3.76. The molecule has 0 radical (unpaired) electrons. The number of benzene rings is 2. The molecule has 6 heteroatoms. The minimum atomic E-state index is -0.494. The van der Waals surface area contributed by atoms with Crippen molar-refractivity contribution >= 4 is 61.3 Å². The average Bonchev–Trinajstić information content (AvgIpc) is 3.06. The lowest BCUT2D eigenvalue weighted by Crippen LogP contribution is -2.12. The van der Waals surface area contributed by atoms with Gasteiger partial charge in [0.25, 0.3) is 5.91 Å². The lowest BCUT2D eigenvalue weighted by Gasteiger charge is -2.11. The van der Waals surface area contributed by atoms with Crippen LogP contribution in [0.1, 0.15) is 10.4 Å². The van der Waals surface area contributed by atoms with Gasteiger partial charge in [0, 0.05) is 10.8 Å². The lowest BCUT2D eigenvalue weighted by molar-refractivity contribution is 0.100. The van der Waals surface area contributed by atoms with E-state index in [0.717, 1.165) is 21.2 Å².